The van der Waals surface area contributed by atoms with Gasteiger partial charge in [-0.2, -0.15) is 13.2 Å². The van der Waals surface area contributed by atoms with Crippen LogP contribution in [0.3, 0.4) is 0 Å². The Morgan fingerprint density at radius 3 is 2.55 bits per heavy atom. The number of amides is 1. The fraction of sp³-hybridized carbons (Fsp3) is 0.455. The number of thioether (sulfide) groups is 1. The summed E-state index contributed by atoms with van der Waals surface area (Å²) in [7, 11) is 0. The van der Waals surface area contributed by atoms with Gasteiger partial charge in [0.05, 0.1) is 5.75 Å². The number of nitrogens with one attached hydrogen (secondary N) is 1. The summed E-state index contributed by atoms with van der Waals surface area (Å²) in [4.78, 5) is 23.2. The second-order valence-corrected chi connectivity index (χ2v) is 6.07. The zero-order valence-corrected chi connectivity index (χ0v) is 12.0. The Hall–Kier alpha value is -1.22. The van der Waals surface area contributed by atoms with Crippen molar-refractivity contribution in [1.82, 2.24) is 5.32 Å². The van der Waals surface area contributed by atoms with E-state index in [1.54, 1.807) is 0 Å². The van der Waals surface area contributed by atoms with Crippen LogP contribution in [0.25, 0.3) is 0 Å². The number of hydrogen-bond acceptors (Lipinski definition) is 4. The van der Waals surface area contributed by atoms with Gasteiger partial charge in [-0.3, -0.25) is 4.79 Å². The molecule has 0 spiro atoms. The van der Waals surface area contributed by atoms with E-state index in [2.05, 4.69) is 0 Å². The van der Waals surface area contributed by atoms with Crippen LogP contribution in [0.5, 0.6) is 0 Å². The van der Waals surface area contributed by atoms with E-state index in [9.17, 15) is 22.8 Å². The Balaban J connectivity index is 2.53. The molecule has 1 aromatic rings. The lowest BCUT2D eigenvalue weighted by molar-refractivity contribution is -0.206. The highest BCUT2D eigenvalue weighted by atomic mass is 32.2. The lowest BCUT2D eigenvalue weighted by Crippen LogP contribution is -2.62. The molecular formula is C11H12F3NO3S2. The van der Waals surface area contributed by atoms with Crippen molar-refractivity contribution >= 4 is 35.0 Å². The molecule has 1 rings (SSSR count). The first-order chi connectivity index (χ1) is 9.17. The number of halogens is 3. The molecule has 4 nitrogen and oxygen atoms in total. The molecule has 0 aliphatic carbocycles. The predicted octanol–water partition coefficient (Wildman–Crippen LogP) is 2.50. The largest absolute Gasteiger partial charge is 0.479 e. The average Bonchev–Trinajstić information content (AvgIpc) is 2.80. The Bertz CT molecular complexity index is 476. The Morgan fingerprint density at radius 2 is 2.10 bits per heavy atom. The van der Waals surface area contributed by atoms with Gasteiger partial charge in [0.1, 0.15) is 0 Å². The Labute approximate surface area is 121 Å². The van der Waals surface area contributed by atoms with Gasteiger partial charge < -0.3 is 10.4 Å². The highest BCUT2D eigenvalue weighted by molar-refractivity contribution is 7.99. The van der Waals surface area contributed by atoms with Crippen LogP contribution in [0.4, 0.5) is 13.2 Å². The van der Waals surface area contributed by atoms with Gasteiger partial charge in [0.25, 0.3) is 0 Å². The van der Waals surface area contributed by atoms with E-state index >= 15 is 0 Å². The molecule has 0 aliphatic heterocycles. The van der Waals surface area contributed by atoms with Crippen molar-refractivity contribution in [3.63, 3.8) is 0 Å². The minimum atomic E-state index is -5.06. The van der Waals surface area contributed by atoms with Crippen molar-refractivity contribution in [3.05, 3.63) is 22.4 Å². The molecule has 0 aromatic carbocycles. The standard InChI is InChI=1S/C11H12F3NO3S2/c1-10(9(17)18,11(12,13)14)15-8(16)6-19-5-7-3-2-4-20-7/h2-4H,5-6H2,1H3,(H,15,16)(H,17,18). The third kappa shape index (κ3) is 4.14. The normalized spacial score (nSPS) is 14.6. The van der Waals surface area contributed by atoms with E-state index in [-0.39, 0.29) is 5.75 Å². The van der Waals surface area contributed by atoms with Gasteiger partial charge in [-0.1, -0.05) is 6.07 Å². The van der Waals surface area contributed by atoms with Gasteiger partial charge in [-0.15, -0.1) is 23.1 Å². The second kappa shape index (κ2) is 6.49. The van der Waals surface area contributed by atoms with E-state index in [4.69, 9.17) is 5.11 Å². The Kier molecular flexibility index (Phi) is 5.46. The summed E-state index contributed by atoms with van der Waals surface area (Å²) in [5, 5.41) is 12.0. The summed E-state index contributed by atoms with van der Waals surface area (Å²) in [6.07, 6.45) is -5.06. The molecule has 2 N–H and O–H groups in total. The van der Waals surface area contributed by atoms with Gasteiger partial charge >= 0.3 is 12.1 Å². The van der Waals surface area contributed by atoms with Crippen molar-refractivity contribution in [2.45, 2.75) is 24.4 Å². The molecule has 1 aromatic heterocycles. The van der Waals surface area contributed by atoms with Crippen LogP contribution in [0, 0.1) is 0 Å². The lowest BCUT2D eigenvalue weighted by atomic mass is 10.0. The summed E-state index contributed by atoms with van der Waals surface area (Å²) in [5.41, 5.74) is -3.27. The number of carboxylic acids is 1. The number of carbonyl (C=O) groups is 2. The van der Waals surface area contributed by atoms with E-state index in [0.29, 0.717) is 12.7 Å². The molecule has 0 aliphatic rings. The fourth-order valence-corrected chi connectivity index (χ4v) is 2.87. The average molecular weight is 327 g/mol. The third-order valence-corrected chi connectivity index (χ3v) is 4.48. The van der Waals surface area contributed by atoms with E-state index in [1.807, 2.05) is 17.5 Å². The summed E-state index contributed by atoms with van der Waals surface area (Å²) in [5.74, 6) is -2.85. The highest BCUT2D eigenvalue weighted by Gasteiger charge is 2.58. The minimum Gasteiger partial charge on any atom is -0.479 e. The summed E-state index contributed by atoms with van der Waals surface area (Å²) in [6, 6.07) is 3.67. The van der Waals surface area contributed by atoms with Crippen LogP contribution in [0.2, 0.25) is 0 Å². The molecule has 1 atom stereocenters. The maximum atomic E-state index is 12.7. The summed E-state index contributed by atoms with van der Waals surface area (Å²) in [6.45, 7) is 0.428. The summed E-state index contributed by atoms with van der Waals surface area (Å²) < 4.78 is 38.0. The molecule has 0 saturated heterocycles. The molecule has 0 fully saturated rings. The molecule has 0 saturated carbocycles. The predicted molar refractivity (Wildman–Crippen MR) is 70.7 cm³/mol. The number of aliphatic carboxylic acids is 1. The zero-order chi connectivity index (χ0) is 15.4. The van der Waals surface area contributed by atoms with Gasteiger partial charge in [-0.05, 0) is 18.4 Å². The third-order valence-electron chi connectivity index (χ3n) is 2.44. The van der Waals surface area contributed by atoms with Crippen molar-refractivity contribution in [2.75, 3.05) is 5.75 Å². The first-order valence-corrected chi connectivity index (χ1v) is 7.41. The van der Waals surface area contributed by atoms with Gasteiger partial charge in [0.15, 0.2) is 0 Å². The number of carbonyl (C=O) groups excluding carboxylic acids is 1. The van der Waals surface area contributed by atoms with Crippen LogP contribution >= 0.6 is 23.1 Å². The molecule has 20 heavy (non-hydrogen) atoms. The molecule has 1 unspecified atom stereocenters. The Morgan fingerprint density at radius 1 is 1.45 bits per heavy atom. The highest BCUT2D eigenvalue weighted by Crippen LogP contribution is 2.30. The smallest absolute Gasteiger partial charge is 0.422 e. The number of alkyl halides is 3. The van der Waals surface area contributed by atoms with Crippen LogP contribution < -0.4 is 5.32 Å². The van der Waals surface area contributed by atoms with Gasteiger partial charge in [0.2, 0.25) is 11.4 Å². The first-order valence-electron chi connectivity index (χ1n) is 5.38. The lowest BCUT2D eigenvalue weighted by Gasteiger charge is -2.28. The van der Waals surface area contributed by atoms with Crippen LogP contribution in [0.15, 0.2) is 17.5 Å². The number of carboxylic acid groups (broad SMARTS) is 1. The van der Waals surface area contributed by atoms with Crippen molar-refractivity contribution in [3.8, 4) is 0 Å². The van der Waals surface area contributed by atoms with Crippen LogP contribution in [0.1, 0.15) is 11.8 Å². The molecule has 9 heteroatoms. The van der Waals surface area contributed by atoms with E-state index in [1.165, 1.54) is 16.7 Å². The zero-order valence-electron chi connectivity index (χ0n) is 10.4. The minimum absolute atomic E-state index is 0.239. The molecular weight excluding hydrogens is 315 g/mol. The van der Waals surface area contributed by atoms with Crippen molar-refractivity contribution < 1.29 is 27.9 Å². The topological polar surface area (TPSA) is 66.4 Å². The quantitative estimate of drug-likeness (QED) is 0.842. The van der Waals surface area contributed by atoms with E-state index in [0.717, 1.165) is 16.6 Å². The molecule has 112 valence electrons. The monoisotopic (exact) mass is 327 g/mol. The first kappa shape index (κ1) is 16.8. The number of thiophene rings is 1. The maximum Gasteiger partial charge on any atom is 0.422 e. The van der Waals surface area contributed by atoms with Gasteiger partial charge in [0, 0.05) is 10.6 Å². The van der Waals surface area contributed by atoms with Crippen LogP contribution in [-0.4, -0.2) is 34.5 Å². The van der Waals surface area contributed by atoms with Gasteiger partial charge in [-0.25, -0.2) is 4.79 Å². The number of hydrogen-bond donors (Lipinski definition) is 2. The molecule has 1 heterocycles. The molecule has 0 radical (unpaired) electrons. The van der Waals surface area contributed by atoms with Crippen molar-refractivity contribution in [2.24, 2.45) is 0 Å². The van der Waals surface area contributed by atoms with Crippen molar-refractivity contribution in [1.29, 1.82) is 0 Å². The van der Waals surface area contributed by atoms with E-state index < -0.39 is 23.6 Å². The molecule has 0 bridgehead atoms. The second-order valence-electron chi connectivity index (χ2n) is 4.05. The van der Waals surface area contributed by atoms with Crippen LogP contribution in [-0.2, 0) is 15.3 Å². The SMILES string of the molecule is CC(NC(=O)CSCc1cccs1)(C(=O)O)C(F)(F)F. The fourth-order valence-electron chi connectivity index (χ4n) is 1.20. The number of rotatable bonds is 6. The maximum absolute atomic E-state index is 12.7. The summed E-state index contributed by atoms with van der Waals surface area (Å²) >= 11 is 2.59. The molecule has 1 amide bonds.